The van der Waals surface area contributed by atoms with E-state index in [-0.39, 0.29) is 5.69 Å². The van der Waals surface area contributed by atoms with Gasteiger partial charge in [-0.2, -0.15) is 0 Å². The van der Waals surface area contributed by atoms with Crippen LogP contribution in [-0.4, -0.2) is 51.3 Å². The van der Waals surface area contributed by atoms with Gasteiger partial charge >= 0.3 is 5.97 Å². The van der Waals surface area contributed by atoms with Crippen LogP contribution in [0.2, 0.25) is 0 Å². The van der Waals surface area contributed by atoms with Crippen LogP contribution in [-0.2, 0) is 35.9 Å². The van der Waals surface area contributed by atoms with Crippen LogP contribution in [0.1, 0.15) is 22.0 Å². The molecule has 0 spiro atoms. The molecule has 8 nitrogen and oxygen atoms in total. The summed E-state index contributed by atoms with van der Waals surface area (Å²) >= 11 is 0. The highest BCUT2D eigenvalue weighted by Gasteiger charge is 2.20. The van der Waals surface area contributed by atoms with Gasteiger partial charge in [0.05, 0.1) is 26.0 Å². The fourth-order valence-corrected chi connectivity index (χ4v) is 2.06. The smallest absolute Gasteiger partial charge is 0.360 e. The van der Waals surface area contributed by atoms with Crippen molar-refractivity contribution in [3.63, 3.8) is 0 Å². The van der Waals surface area contributed by atoms with Gasteiger partial charge in [-0.25, -0.2) is 14.5 Å². The normalized spacial score (nSPS) is 10.8. The minimum absolute atomic E-state index is 0.245. The van der Waals surface area contributed by atoms with Gasteiger partial charge in [0, 0.05) is 39.4 Å². The predicted octanol–water partition coefficient (Wildman–Crippen LogP) is 0.230. The summed E-state index contributed by atoms with van der Waals surface area (Å²) in [5.41, 5.74) is 0.965. The van der Waals surface area contributed by atoms with Crippen molar-refractivity contribution in [1.29, 1.82) is 0 Å². The van der Waals surface area contributed by atoms with Gasteiger partial charge in [0.15, 0.2) is 5.69 Å². The van der Waals surface area contributed by atoms with E-state index in [1.165, 1.54) is 7.11 Å². The van der Waals surface area contributed by atoms with Gasteiger partial charge < -0.3 is 14.0 Å². The number of nitrogens with zero attached hydrogens (tertiary/aromatic N) is 5. The SMILES string of the molecule is COCCc1c(C(=O)OC)nnn1CCc1nccn1C. The van der Waals surface area contributed by atoms with Crippen molar-refractivity contribution in [1.82, 2.24) is 24.5 Å². The van der Waals surface area contributed by atoms with Crippen LogP contribution in [0.25, 0.3) is 0 Å². The van der Waals surface area contributed by atoms with Crippen molar-refractivity contribution < 1.29 is 14.3 Å². The lowest BCUT2D eigenvalue weighted by Gasteiger charge is -2.07. The molecular formula is C13H19N5O3. The number of hydrogen-bond acceptors (Lipinski definition) is 6. The zero-order chi connectivity index (χ0) is 15.2. The minimum Gasteiger partial charge on any atom is -0.464 e. The molecule has 0 unspecified atom stereocenters. The Bertz CT molecular complexity index is 605. The van der Waals surface area contributed by atoms with Gasteiger partial charge in [0.1, 0.15) is 5.82 Å². The van der Waals surface area contributed by atoms with Gasteiger partial charge in [0.25, 0.3) is 0 Å². The largest absolute Gasteiger partial charge is 0.464 e. The molecule has 21 heavy (non-hydrogen) atoms. The van der Waals surface area contributed by atoms with E-state index in [4.69, 9.17) is 9.47 Å². The topological polar surface area (TPSA) is 84.1 Å². The number of ether oxygens (including phenoxy) is 2. The zero-order valence-electron chi connectivity index (χ0n) is 12.4. The van der Waals surface area contributed by atoms with Crippen LogP contribution in [0.3, 0.4) is 0 Å². The third-order valence-corrected chi connectivity index (χ3v) is 3.23. The first kappa shape index (κ1) is 15.2. The molecule has 8 heteroatoms. The van der Waals surface area contributed by atoms with E-state index in [1.54, 1.807) is 18.0 Å². The maximum Gasteiger partial charge on any atom is 0.360 e. The molecule has 114 valence electrons. The first-order valence-electron chi connectivity index (χ1n) is 6.63. The van der Waals surface area contributed by atoms with Crippen molar-refractivity contribution in [3.8, 4) is 0 Å². The summed E-state index contributed by atoms with van der Waals surface area (Å²) in [6, 6.07) is 0. The van der Waals surface area contributed by atoms with E-state index in [1.807, 2.05) is 17.8 Å². The molecule has 0 saturated carbocycles. The van der Waals surface area contributed by atoms with Gasteiger partial charge in [-0.1, -0.05) is 5.21 Å². The molecular weight excluding hydrogens is 274 g/mol. The van der Waals surface area contributed by atoms with Crippen molar-refractivity contribution in [3.05, 3.63) is 29.6 Å². The highest BCUT2D eigenvalue weighted by Crippen LogP contribution is 2.10. The molecule has 0 bridgehead atoms. The van der Waals surface area contributed by atoms with Crippen LogP contribution in [0, 0.1) is 0 Å². The molecule has 2 aromatic rings. The summed E-state index contributed by atoms with van der Waals surface area (Å²) in [7, 11) is 4.88. The fraction of sp³-hybridized carbons (Fsp3) is 0.538. The molecule has 0 N–H and O–H groups in total. The van der Waals surface area contributed by atoms with E-state index in [0.717, 1.165) is 11.5 Å². The predicted molar refractivity (Wildman–Crippen MR) is 73.9 cm³/mol. The van der Waals surface area contributed by atoms with Crippen LogP contribution in [0.15, 0.2) is 12.4 Å². The van der Waals surface area contributed by atoms with Crippen LogP contribution >= 0.6 is 0 Å². The summed E-state index contributed by atoms with van der Waals surface area (Å²) in [5, 5.41) is 7.96. The molecule has 2 aromatic heterocycles. The second-order valence-corrected chi connectivity index (χ2v) is 4.55. The quantitative estimate of drug-likeness (QED) is 0.679. The number of aromatic nitrogens is 5. The van der Waals surface area contributed by atoms with Crippen LogP contribution in [0.4, 0.5) is 0 Å². The summed E-state index contributed by atoms with van der Waals surface area (Å²) in [6.45, 7) is 1.08. The summed E-state index contributed by atoms with van der Waals surface area (Å²) in [4.78, 5) is 16.0. The Hall–Kier alpha value is -2.22. The summed E-state index contributed by atoms with van der Waals surface area (Å²) in [6.07, 6.45) is 4.90. The molecule has 0 fully saturated rings. The minimum atomic E-state index is -0.482. The van der Waals surface area contributed by atoms with E-state index in [2.05, 4.69) is 15.3 Å². The molecule has 2 heterocycles. The van der Waals surface area contributed by atoms with E-state index < -0.39 is 5.97 Å². The number of carbonyl (C=O) groups is 1. The molecule has 0 aliphatic carbocycles. The Morgan fingerprint density at radius 2 is 2.14 bits per heavy atom. The van der Waals surface area contributed by atoms with Crippen molar-refractivity contribution in [2.75, 3.05) is 20.8 Å². The number of aryl methyl sites for hydroxylation is 3. The third-order valence-electron chi connectivity index (χ3n) is 3.23. The van der Waals surface area contributed by atoms with Gasteiger partial charge in [-0.3, -0.25) is 0 Å². The lowest BCUT2D eigenvalue weighted by Crippen LogP contribution is -2.14. The monoisotopic (exact) mass is 293 g/mol. The third kappa shape index (κ3) is 3.46. The zero-order valence-corrected chi connectivity index (χ0v) is 12.4. The van der Waals surface area contributed by atoms with E-state index in [9.17, 15) is 4.79 Å². The number of imidazole rings is 1. The standard InChI is InChI=1S/C13H19N5O3/c1-17-8-6-14-11(17)4-7-18-10(5-9-20-2)12(15-16-18)13(19)21-3/h6,8H,4-5,7,9H2,1-3H3. The number of methoxy groups -OCH3 is 2. The second-order valence-electron chi connectivity index (χ2n) is 4.55. The molecule has 0 aliphatic rings. The molecule has 0 radical (unpaired) electrons. The maximum absolute atomic E-state index is 11.7. The highest BCUT2D eigenvalue weighted by molar-refractivity contribution is 5.88. The van der Waals surface area contributed by atoms with Gasteiger partial charge in [-0.05, 0) is 0 Å². The molecule has 0 aliphatic heterocycles. The van der Waals surface area contributed by atoms with Crippen molar-refractivity contribution >= 4 is 5.97 Å². The Labute approximate surface area is 122 Å². The maximum atomic E-state index is 11.7. The first-order chi connectivity index (χ1) is 10.2. The second kappa shape index (κ2) is 6.98. The molecule has 2 rings (SSSR count). The van der Waals surface area contributed by atoms with E-state index >= 15 is 0 Å². The summed E-state index contributed by atoms with van der Waals surface area (Å²) in [5.74, 6) is 0.465. The van der Waals surface area contributed by atoms with Crippen molar-refractivity contribution in [2.24, 2.45) is 7.05 Å². The molecule has 0 saturated heterocycles. The number of carbonyl (C=O) groups excluding carboxylic acids is 1. The van der Waals surface area contributed by atoms with Crippen molar-refractivity contribution in [2.45, 2.75) is 19.4 Å². The Morgan fingerprint density at radius 1 is 1.33 bits per heavy atom. The van der Waals surface area contributed by atoms with E-state index in [0.29, 0.717) is 26.0 Å². The number of hydrogen-bond donors (Lipinski definition) is 0. The number of esters is 1. The molecule has 0 amide bonds. The van der Waals surface area contributed by atoms with Gasteiger partial charge in [0.2, 0.25) is 0 Å². The average molecular weight is 293 g/mol. The Morgan fingerprint density at radius 3 is 2.76 bits per heavy atom. The fourth-order valence-electron chi connectivity index (χ4n) is 2.06. The average Bonchev–Trinajstić information content (AvgIpc) is 3.08. The van der Waals surface area contributed by atoms with Crippen LogP contribution < -0.4 is 0 Å². The lowest BCUT2D eigenvalue weighted by molar-refractivity contribution is 0.0592. The Balaban J connectivity index is 2.16. The van der Waals surface area contributed by atoms with Gasteiger partial charge in [-0.15, -0.1) is 5.10 Å². The first-order valence-corrected chi connectivity index (χ1v) is 6.63. The van der Waals surface area contributed by atoms with Crippen LogP contribution in [0.5, 0.6) is 0 Å². The highest BCUT2D eigenvalue weighted by atomic mass is 16.5. The lowest BCUT2D eigenvalue weighted by atomic mass is 10.2. The number of rotatable bonds is 7. The molecule has 0 aromatic carbocycles. The Kier molecular flexibility index (Phi) is 5.04. The summed E-state index contributed by atoms with van der Waals surface area (Å²) < 4.78 is 13.5. The molecule has 0 atom stereocenters.